The summed E-state index contributed by atoms with van der Waals surface area (Å²) in [5.74, 6) is 3.98. The van der Waals surface area contributed by atoms with Gasteiger partial charge in [-0.05, 0) is 58.0 Å². The van der Waals surface area contributed by atoms with E-state index in [1.165, 1.54) is 10.8 Å². The van der Waals surface area contributed by atoms with Crippen LogP contribution in [0.3, 0.4) is 0 Å². The lowest BCUT2D eigenvalue weighted by Crippen LogP contribution is -2.03. The molecule has 0 amide bonds. The van der Waals surface area contributed by atoms with Crippen LogP contribution in [0.25, 0.3) is 95.5 Å². The highest BCUT2D eigenvalue weighted by atomic mass is 15.0. The van der Waals surface area contributed by atoms with Gasteiger partial charge >= 0.3 is 0 Å². The quantitative estimate of drug-likeness (QED) is 0.154. The maximum absolute atomic E-state index is 4.93. The fourth-order valence-corrected chi connectivity index (χ4v) is 7.30. The molecule has 7 aromatic carbocycles. The largest absolute Gasteiger partial charge is 0.208 e. The van der Waals surface area contributed by atoms with Crippen LogP contribution in [0.4, 0.5) is 0 Å². The Morgan fingerprint density at radius 2 is 0.603 bits per heavy atom. The zero-order valence-electron chi connectivity index (χ0n) is 31.6. The van der Waals surface area contributed by atoms with Crippen LogP contribution in [0.1, 0.15) is 18.7 Å². The fraction of sp³-hybridized carbons (Fsp3) is 0.0385. The Morgan fingerprint density at radius 1 is 0.276 bits per heavy atom. The summed E-state index contributed by atoms with van der Waals surface area (Å²) in [4.78, 5) is 29.3. The first-order valence-electron chi connectivity index (χ1n) is 19.5. The minimum Gasteiger partial charge on any atom is -0.208 e. The highest BCUT2D eigenvalue weighted by molar-refractivity contribution is 5.91. The maximum Gasteiger partial charge on any atom is 0.164 e. The Bertz CT molecular complexity index is 2900. The summed E-state index contributed by atoms with van der Waals surface area (Å²) in [7, 11) is 0. The van der Waals surface area contributed by atoms with Crippen molar-refractivity contribution in [3.8, 4) is 79.2 Å². The predicted octanol–water partition coefficient (Wildman–Crippen LogP) is 12.6. The summed E-state index contributed by atoms with van der Waals surface area (Å²) >= 11 is 0. The molecule has 1 aliphatic carbocycles. The van der Waals surface area contributed by atoms with Gasteiger partial charge in [0.25, 0.3) is 0 Å². The standard InChI is InChI=1S/C52H36N6/c1-5-13-37(14-6-1)47-53-48(38-15-7-2-8-16-38)56-51(55-47)41-25-21-35(22-26-41)43-29-31-46-34-44(30-32-45(46)33-43)36-23-27-42(28-24-36)52-57-49(39-17-9-3-10-18-39)54-50(58-52)40-19-11-4-12-20-40/h1-3,5-11,13-34H,4,12H2. The highest BCUT2D eigenvalue weighted by Crippen LogP contribution is 2.32. The molecule has 0 saturated heterocycles. The van der Waals surface area contributed by atoms with Crippen molar-refractivity contribution < 1.29 is 0 Å². The molecule has 0 aliphatic heterocycles. The van der Waals surface area contributed by atoms with E-state index in [9.17, 15) is 0 Å². The zero-order valence-corrected chi connectivity index (χ0v) is 31.6. The number of hydrogen-bond acceptors (Lipinski definition) is 6. The Labute approximate surface area is 337 Å². The van der Waals surface area contributed by atoms with E-state index in [2.05, 4.69) is 103 Å². The molecule has 9 aromatic rings. The van der Waals surface area contributed by atoms with Crippen molar-refractivity contribution in [1.29, 1.82) is 0 Å². The number of hydrogen-bond donors (Lipinski definition) is 0. The van der Waals surface area contributed by atoms with E-state index in [0.29, 0.717) is 34.9 Å². The van der Waals surface area contributed by atoms with Gasteiger partial charge in [0, 0.05) is 33.4 Å². The SMILES string of the molecule is C1=CC(c2nc(-c3ccccc3)nc(-c3ccc(-c4ccc5cc(-c6ccc(-c7nc(-c8ccccc8)nc(-c8ccccc8)n7)cc6)ccc5c4)cc3)n2)=CCC1. The van der Waals surface area contributed by atoms with Crippen molar-refractivity contribution in [1.82, 2.24) is 29.9 Å². The van der Waals surface area contributed by atoms with Crippen LogP contribution in [0.5, 0.6) is 0 Å². The van der Waals surface area contributed by atoms with Gasteiger partial charge in [0.1, 0.15) is 0 Å². The van der Waals surface area contributed by atoms with Crippen molar-refractivity contribution >= 4 is 16.3 Å². The summed E-state index contributed by atoms with van der Waals surface area (Å²) in [5, 5.41) is 2.36. The second kappa shape index (κ2) is 15.4. The molecule has 0 unspecified atom stereocenters. The average Bonchev–Trinajstić information content (AvgIpc) is 3.32. The molecule has 0 N–H and O–H groups in total. The van der Waals surface area contributed by atoms with E-state index in [1.54, 1.807) is 0 Å². The number of allylic oxidation sites excluding steroid dienone is 4. The van der Waals surface area contributed by atoms with Gasteiger partial charge in [0.15, 0.2) is 34.9 Å². The summed E-state index contributed by atoms with van der Waals surface area (Å²) in [6, 6.07) is 60.5. The molecule has 0 bridgehead atoms. The number of aromatic nitrogens is 6. The van der Waals surface area contributed by atoms with E-state index < -0.39 is 0 Å². The Morgan fingerprint density at radius 3 is 0.966 bits per heavy atom. The number of nitrogens with zero attached hydrogens (tertiary/aromatic N) is 6. The number of rotatable bonds is 8. The molecular formula is C52H36N6. The lowest BCUT2D eigenvalue weighted by Gasteiger charge is -2.11. The molecule has 2 heterocycles. The monoisotopic (exact) mass is 744 g/mol. The van der Waals surface area contributed by atoms with Crippen LogP contribution < -0.4 is 0 Å². The van der Waals surface area contributed by atoms with Gasteiger partial charge in [-0.3, -0.25) is 0 Å². The van der Waals surface area contributed by atoms with Gasteiger partial charge in [-0.25, -0.2) is 29.9 Å². The molecule has 0 radical (unpaired) electrons. The van der Waals surface area contributed by atoms with E-state index in [1.807, 2.05) is 91.0 Å². The van der Waals surface area contributed by atoms with Crippen molar-refractivity contribution in [3.63, 3.8) is 0 Å². The van der Waals surface area contributed by atoms with Gasteiger partial charge in [-0.1, -0.05) is 182 Å². The lowest BCUT2D eigenvalue weighted by molar-refractivity contribution is 1.01. The van der Waals surface area contributed by atoms with Gasteiger partial charge in [0.2, 0.25) is 0 Å². The van der Waals surface area contributed by atoms with Crippen LogP contribution in [0, 0.1) is 0 Å². The first kappa shape index (κ1) is 34.8. The average molecular weight is 745 g/mol. The second-order valence-electron chi connectivity index (χ2n) is 14.3. The maximum atomic E-state index is 4.93. The summed E-state index contributed by atoms with van der Waals surface area (Å²) < 4.78 is 0. The molecular weight excluding hydrogens is 709 g/mol. The second-order valence-corrected chi connectivity index (χ2v) is 14.3. The number of benzene rings is 7. The van der Waals surface area contributed by atoms with Crippen LogP contribution in [0.15, 0.2) is 194 Å². The Hall–Kier alpha value is -7.70. The minimum absolute atomic E-state index is 0.642. The lowest BCUT2D eigenvalue weighted by atomic mass is 9.97. The Kier molecular flexibility index (Phi) is 9.26. The van der Waals surface area contributed by atoms with Gasteiger partial charge in [-0.15, -0.1) is 0 Å². The first-order chi connectivity index (χ1) is 28.7. The third-order valence-electron chi connectivity index (χ3n) is 10.4. The molecule has 58 heavy (non-hydrogen) atoms. The molecule has 0 atom stereocenters. The first-order valence-corrected chi connectivity index (χ1v) is 19.5. The zero-order chi connectivity index (χ0) is 38.7. The highest BCUT2D eigenvalue weighted by Gasteiger charge is 2.15. The van der Waals surface area contributed by atoms with E-state index in [0.717, 1.165) is 68.5 Å². The summed E-state index contributed by atoms with van der Waals surface area (Å²) in [6.45, 7) is 0. The fourth-order valence-electron chi connectivity index (χ4n) is 7.30. The molecule has 0 spiro atoms. The molecule has 2 aromatic heterocycles. The van der Waals surface area contributed by atoms with E-state index in [4.69, 9.17) is 29.9 Å². The van der Waals surface area contributed by atoms with Gasteiger partial charge < -0.3 is 0 Å². The smallest absolute Gasteiger partial charge is 0.164 e. The molecule has 10 rings (SSSR count). The van der Waals surface area contributed by atoms with Crippen LogP contribution in [-0.4, -0.2) is 29.9 Å². The molecule has 0 saturated carbocycles. The minimum atomic E-state index is 0.642. The van der Waals surface area contributed by atoms with Crippen LogP contribution in [0.2, 0.25) is 0 Å². The Balaban J connectivity index is 0.911. The third kappa shape index (κ3) is 7.22. The van der Waals surface area contributed by atoms with Gasteiger partial charge in [0.05, 0.1) is 0 Å². The van der Waals surface area contributed by atoms with E-state index >= 15 is 0 Å². The van der Waals surface area contributed by atoms with Gasteiger partial charge in [-0.2, -0.15) is 0 Å². The predicted molar refractivity (Wildman–Crippen MR) is 235 cm³/mol. The molecule has 1 aliphatic rings. The van der Waals surface area contributed by atoms with Crippen molar-refractivity contribution in [2.24, 2.45) is 0 Å². The van der Waals surface area contributed by atoms with Crippen molar-refractivity contribution in [2.75, 3.05) is 0 Å². The number of fused-ring (bicyclic) bond motifs is 1. The topological polar surface area (TPSA) is 77.3 Å². The molecule has 6 nitrogen and oxygen atoms in total. The van der Waals surface area contributed by atoms with E-state index in [-0.39, 0.29) is 0 Å². The summed E-state index contributed by atoms with van der Waals surface area (Å²) in [6.07, 6.45) is 8.52. The summed E-state index contributed by atoms with van der Waals surface area (Å²) in [5.41, 5.74) is 10.3. The van der Waals surface area contributed by atoms with Crippen molar-refractivity contribution in [2.45, 2.75) is 12.8 Å². The van der Waals surface area contributed by atoms with Crippen LogP contribution >= 0.6 is 0 Å². The van der Waals surface area contributed by atoms with Crippen molar-refractivity contribution in [3.05, 3.63) is 200 Å². The molecule has 0 fully saturated rings. The van der Waals surface area contributed by atoms with Crippen LogP contribution in [-0.2, 0) is 0 Å². The molecule has 274 valence electrons. The third-order valence-corrected chi connectivity index (χ3v) is 10.4. The molecule has 6 heteroatoms. The normalized spacial score (nSPS) is 12.4.